The molecule has 0 saturated heterocycles. The van der Waals surface area contributed by atoms with Crippen LogP contribution in [0.2, 0.25) is 0 Å². The van der Waals surface area contributed by atoms with E-state index in [0.29, 0.717) is 6.61 Å². The minimum atomic E-state index is -4.33. The van der Waals surface area contributed by atoms with E-state index in [9.17, 15) is 13.2 Å². The molecule has 0 saturated carbocycles. The molecule has 0 fully saturated rings. The average Bonchev–Trinajstić information content (AvgIpc) is 2.64. The van der Waals surface area contributed by atoms with Crippen molar-refractivity contribution in [2.45, 2.75) is 57.8 Å². The van der Waals surface area contributed by atoms with Crippen LogP contribution in [-0.2, 0) is 14.9 Å². The van der Waals surface area contributed by atoms with E-state index in [-0.39, 0.29) is 56.9 Å². The summed E-state index contributed by atoms with van der Waals surface area (Å²) in [4.78, 5) is 11.6. The Morgan fingerprint density at radius 1 is 0.893 bits per heavy atom. The summed E-state index contributed by atoms with van der Waals surface area (Å²) in [5.74, 6) is -1.84. The Labute approximate surface area is 210 Å². The van der Waals surface area contributed by atoms with Crippen LogP contribution >= 0.6 is 0 Å². The van der Waals surface area contributed by atoms with E-state index >= 15 is 0 Å². The molecular formula is C19H32KNO6S. The number of rotatable bonds is 15. The van der Waals surface area contributed by atoms with E-state index in [1.165, 1.54) is 38.5 Å². The molecule has 28 heavy (non-hydrogen) atoms. The number of benzene rings is 1. The van der Waals surface area contributed by atoms with Crippen LogP contribution in [0.1, 0.15) is 68.1 Å². The number of carbonyl (C=O) groups excluding carboxylic acids is 1. The molecule has 0 heterocycles. The molecule has 0 atom stereocenters. The summed E-state index contributed by atoms with van der Waals surface area (Å²) in [6.07, 6.45) is 10.5. The van der Waals surface area contributed by atoms with Crippen molar-refractivity contribution in [2.24, 2.45) is 0 Å². The maximum atomic E-state index is 11.6. The van der Waals surface area contributed by atoms with Gasteiger partial charge < -0.3 is 15.2 Å². The van der Waals surface area contributed by atoms with Crippen LogP contribution in [0, 0.1) is 0 Å². The Morgan fingerprint density at radius 2 is 1.39 bits per heavy atom. The van der Waals surface area contributed by atoms with Crippen molar-refractivity contribution >= 4 is 73.2 Å². The molecule has 156 valence electrons. The monoisotopic (exact) mass is 441 g/mol. The fraction of sp³-hybridized carbons (Fsp3) is 0.632. The van der Waals surface area contributed by atoms with Crippen molar-refractivity contribution in [2.75, 3.05) is 24.4 Å². The summed E-state index contributed by atoms with van der Waals surface area (Å²) in [6.45, 7) is 1.15. The summed E-state index contributed by atoms with van der Waals surface area (Å²) >= 11 is 0. The van der Waals surface area contributed by atoms with E-state index in [1.54, 1.807) is 24.3 Å². The van der Waals surface area contributed by atoms with E-state index < -0.39 is 22.0 Å². The molecule has 3 N–H and O–H groups in total. The van der Waals surface area contributed by atoms with Crippen molar-refractivity contribution < 1.29 is 27.6 Å². The molecule has 0 unspecified atom stereocenters. The van der Waals surface area contributed by atoms with Gasteiger partial charge in [0, 0.05) is 18.8 Å². The first kappa shape index (κ1) is 28.0. The molecular weight excluding hydrogens is 409 g/mol. The SMILES string of the molecule is O=C(OCS(=O)(=O)O)c1ccc(NCCCCCCCCCCCO)cc1.[KH]. The number of nitrogens with one attached hydrogen (secondary N) is 1. The van der Waals surface area contributed by atoms with Gasteiger partial charge in [0.25, 0.3) is 0 Å². The standard InChI is InChI=1S/C19H31NO6S.K.H/c21-15-9-7-5-3-1-2-4-6-8-14-20-18-12-10-17(11-13-18)19(22)26-16-27(23,24)25;;/h10-13,20-21H,1-9,14-16H2,(H,23,24,25);;. The third-order valence-electron chi connectivity index (χ3n) is 4.12. The minimum absolute atomic E-state index is 0. The van der Waals surface area contributed by atoms with Crippen LogP contribution in [0.5, 0.6) is 0 Å². The summed E-state index contributed by atoms with van der Waals surface area (Å²) in [5.41, 5.74) is 1.11. The topological polar surface area (TPSA) is 113 Å². The van der Waals surface area contributed by atoms with Gasteiger partial charge in [-0.25, -0.2) is 4.79 Å². The molecule has 0 aliphatic heterocycles. The van der Waals surface area contributed by atoms with Crippen molar-refractivity contribution in [1.82, 2.24) is 0 Å². The van der Waals surface area contributed by atoms with Crippen molar-refractivity contribution in [3.63, 3.8) is 0 Å². The van der Waals surface area contributed by atoms with Crippen LogP contribution in [0.4, 0.5) is 5.69 Å². The van der Waals surface area contributed by atoms with Gasteiger partial charge in [0.1, 0.15) is 0 Å². The van der Waals surface area contributed by atoms with Crippen LogP contribution in [-0.4, -0.2) is 94.5 Å². The number of aliphatic hydroxyl groups excluding tert-OH is 1. The number of carbonyl (C=O) groups is 1. The first-order valence-electron chi connectivity index (χ1n) is 9.49. The van der Waals surface area contributed by atoms with Gasteiger partial charge in [-0.15, -0.1) is 0 Å². The number of esters is 1. The number of unbranched alkanes of at least 4 members (excludes halogenated alkanes) is 8. The summed E-state index contributed by atoms with van der Waals surface area (Å²) in [5, 5.41) is 12.0. The molecule has 0 bridgehead atoms. The Morgan fingerprint density at radius 3 is 1.89 bits per heavy atom. The summed E-state index contributed by atoms with van der Waals surface area (Å²) < 4.78 is 34.2. The zero-order valence-corrected chi connectivity index (χ0v) is 16.5. The van der Waals surface area contributed by atoms with Gasteiger partial charge in [0.15, 0.2) is 0 Å². The number of hydrogen-bond donors (Lipinski definition) is 3. The van der Waals surface area contributed by atoms with Crippen molar-refractivity contribution in [3.05, 3.63) is 29.8 Å². The van der Waals surface area contributed by atoms with Crippen LogP contribution in [0.3, 0.4) is 0 Å². The molecule has 0 aromatic heterocycles. The zero-order valence-electron chi connectivity index (χ0n) is 15.7. The predicted molar refractivity (Wildman–Crippen MR) is 113 cm³/mol. The normalized spacial score (nSPS) is 10.9. The molecule has 0 aliphatic rings. The molecule has 0 aliphatic carbocycles. The molecule has 1 aromatic carbocycles. The number of aliphatic hydroxyl groups is 1. The summed E-state index contributed by atoms with van der Waals surface area (Å²) in [6, 6.07) is 6.56. The number of ether oxygens (including phenoxy) is 1. The Balaban J connectivity index is 0.00000729. The van der Waals surface area contributed by atoms with E-state index in [4.69, 9.17) is 9.66 Å². The van der Waals surface area contributed by atoms with Gasteiger partial charge in [0.05, 0.1) is 5.56 Å². The van der Waals surface area contributed by atoms with Crippen molar-refractivity contribution in [1.29, 1.82) is 0 Å². The molecule has 0 amide bonds. The Kier molecular flexibility index (Phi) is 16.8. The van der Waals surface area contributed by atoms with E-state index in [0.717, 1.165) is 31.5 Å². The third-order valence-corrected chi connectivity index (χ3v) is 4.54. The second-order valence-corrected chi connectivity index (χ2v) is 7.94. The summed E-state index contributed by atoms with van der Waals surface area (Å²) in [7, 11) is -4.33. The van der Waals surface area contributed by atoms with Crippen molar-refractivity contribution in [3.8, 4) is 0 Å². The molecule has 9 heteroatoms. The second kappa shape index (κ2) is 16.8. The Bertz CT molecular complexity index is 636. The third kappa shape index (κ3) is 14.9. The molecule has 1 aromatic rings. The zero-order chi connectivity index (χ0) is 20.0. The fourth-order valence-electron chi connectivity index (χ4n) is 2.64. The average molecular weight is 442 g/mol. The molecule has 7 nitrogen and oxygen atoms in total. The van der Waals surface area contributed by atoms with Crippen LogP contribution < -0.4 is 5.32 Å². The van der Waals surface area contributed by atoms with Gasteiger partial charge in [-0.05, 0) is 37.1 Å². The van der Waals surface area contributed by atoms with Gasteiger partial charge >= 0.3 is 67.5 Å². The first-order chi connectivity index (χ1) is 12.9. The van der Waals surface area contributed by atoms with Gasteiger partial charge in [-0.1, -0.05) is 44.9 Å². The van der Waals surface area contributed by atoms with E-state index in [1.807, 2.05) is 0 Å². The van der Waals surface area contributed by atoms with E-state index in [2.05, 4.69) is 10.1 Å². The van der Waals surface area contributed by atoms with Gasteiger partial charge in [-0.3, -0.25) is 4.55 Å². The van der Waals surface area contributed by atoms with Gasteiger partial charge in [0.2, 0.25) is 5.94 Å². The number of anilines is 1. The van der Waals surface area contributed by atoms with Crippen LogP contribution in [0.25, 0.3) is 0 Å². The second-order valence-electron chi connectivity index (χ2n) is 6.54. The first-order valence-corrected chi connectivity index (χ1v) is 11.1. The molecule has 1 rings (SSSR count). The number of hydrogen-bond acceptors (Lipinski definition) is 6. The quantitative estimate of drug-likeness (QED) is 0.166. The van der Waals surface area contributed by atoms with Crippen LogP contribution in [0.15, 0.2) is 24.3 Å². The Hall–Kier alpha value is -0.00364. The maximum absolute atomic E-state index is 11.6. The fourth-order valence-corrected chi connectivity index (χ4v) is 2.90. The molecule has 0 spiro atoms. The molecule has 0 radical (unpaired) electrons. The predicted octanol–water partition coefficient (Wildman–Crippen LogP) is 2.96. The van der Waals surface area contributed by atoms with Gasteiger partial charge in [-0.2, -0.15) is 8.42 Å².